The van der Waals surface area contributed by atoms with Crippen LogP contribution >= 0.6 is 15.9 Å². The Kier molecular flexibility index (Phi) is 2.55. The average molecular weight is 267 g/mol. The second-order valence-electron chi connectivity index (χ2n) is 2.90. The van der Waals surface area contributed by atoms with Crippen LogP contribution in [-0.4, -0.2) is 20.6 Å². The Balaban J connectivity index is 2.49. The minimum atomic E-state index is -1.04. The molecule has 1 aromatic carbocycles. The third-order valence-corrected chi connectivity index (χ3v) is 2.47. The molecule has 2 rings (SSSR count). The van der Waals surface area contributed by atoms with Crippen LogP contribution in [0.1, 0.15) is 10.6 Å². The van der Waals surface area contributed by atoms with Gasteiger partial charge in [-0.15, -0.1) is 0 Å². The lowest BCUT2D eigenvalue weighted by Crippen LogP contribution is -2.07. The second-order valence-corrected chi connectivity index (χ2v) is 3.82. The van der Waals surface area contributed by atoms with Crippen molar-refractivity contribution in [3.63, 3.8) is 0 Å². The number of carbonyl (C=O) groups is 1. The number of aromatic carboxylic acids is 1. The van der Waals surface area contributed by atoms with Gasteiger partial charge in [0.05, 0.1) is 0 Å². The molecule has 0 aliphatic rings. The molecule has 0 aliphatic heterocycles. The van der Waals surface area contributed by atoms with Crippen LogP contribution in [-0.2, 0) is 0 Å². The molecule has 0 fully saturated rings. The molecule has 0 saturated carbocycles. The zero-order valence-electron chi connectivity index (χ0n) is 7.59. The number of rotatable bonds is 2. The Morgan fingerprint density at radius 3 is 2.60 bits per heavy atom. The van der Waals surface area contributed by atoms with Gasteiger partial charge in [-0.2, -0.15) is 0 Å². The first kappa shape index (κ1) is 9.92. The molecular formula is C10H7BrN2O2. The highest BCUT2D eigenvalue weighted by Crippen LogP contribution is 2.15. The van der Waals surface area contributed by atoms with Gasteiger partial charge >= 0.3 is 5.97 Å². The van der Waals surface area contributed by atoms with E-state index in [-0.39, 0.29) is 5.82 Å². The number of imidazole rings is 1. The summed E-state index contributed by atoms with van der Waals surface area (Å²) in [5, 5.41) is 8.88. The van der Waals surface area contributed by atoms with E-state index < -0.39 is 5.97 Å². The second kappa shape index (κ2) is 3.86. The van der Waals surface area contributed by atoms with Crippen LogP contribution in [0, 0.1) is 0 Å². The third kappa shape index (κ3) is 1.92. The zero-order valence-corrected chi connectivity index (χ0v) is 9.18. The van der Waals surface area contributed by atoms with Crippen molar-refractivity contribution in [1.82, 2.24) is 9.55 Å². The summed E-state index contributed by atoms with van der Waals surface area (Å²) in [4.78, 5) is 14.6. The lowest BCUT2D eigenvalue weighted by molar-refractivity contribution is 0.0681. The quantitative estimate of drug-likeness (QED) is 0.908. The summed E-state index contributed by atoms with van der Waals surface area (Å²) in [5.41, 5.74) is 0.771. The molecule has 0 unspecified atom stereocenters. The van der Waals surface area contributed by atoms with Crippen molar-refractivity contribution < 1.29 is 9.90 Å². The monoisotopic (exact) mass is 266 g/mol. The van der Waals surface area contributed by atoms with Gasteiger partial charge < -0.3 is 5.11 Å². The number of nitrogens with zero attached hydrogens (tertiary/aromatic N) is 2. The molecule has 0 aliphatic carbocycles. The zero-order chi connectivity index (χ0) is 10.8. The molecule has 1 heterocycles. The molecule has 0 spiro atoms. The number of hydrogen-bond acceptors (Lipinski definition) is 2. The van der Waals surface area contributed by atoms with Gasteiger partial charge in [-0.1, -0.05) is 15.9 Å². The van der Waals surface area contributed by atoms with Crippen molar-refractivity contribution in [2.24, 2.45) is 0 Å². The fourth-order valence-electron chi connectivity index (χ4n) is 1.27. The molecule has 1 N–H and O–H groups in total. The first-order chi connectivity index (χ1) is 7.18. The van der Waals surface area contributed by atoms with E-state index >= 15 is 0 Å². The van der Waals surface area contributed by atoms with Crippen molar-refractivity contribution in [2.75, 3.05) is 0 Å². The lowest BCUT2D eigenvalue weighted by atomic mass is 10.3. The maximum Gasteiger partial charge on any atom is 0.372 e. The molecule has 0 amide bonds. The summed E-state index contributed by atoms with van der Waals surface area (Å²) in [6, 6.07) is 7.33. The summed E-state index contributed by atoms with van der Waals surface area (Å²) >= 11 is 3.31. The summed E-state index contributed by atoms with van der Waals surface area (Å²) < 4.78 is 2.47. The van der Waals surface area contributed by atoms with Crippen LogP contribution in [0.5, 0.6) is 0 Å². The predicted octanol–water partition coefficient (Wildman–Crippen LogP) is 2.33. The number of aromatic nitrogens is 2. The van der Waals surface area contributed by atoms with Gasteiger partial charge in [0, 0.05) is 22.6 Å². The summed E-state index contributed by atoms with van der Waals surface area (Å²) in [7, 11) is 0. The Bertz CT molecular complexity index is 490. The fraction of sp³-hybridized carbons (Fsp3) is 0. The number of halogens is 1. The van der Waals surface area contributed by atoms with Crippen molar-refractivity contribution in [3.05, 3.63) is 47.0 Å². The van der Waals surface area contributed by atoms with Crippen LogP contribution in [0.4, 0.5) is 0 Å². The maximum atomic E-state index is 10.8. The molecule has 0 radical (unpaired) electrons. The van der Waals surface area contributed by atoms with E-state index in [0.29, 0.717) is 0 Å². The van der Waals surface area contributed by atoms with Crippen molar-refractivity contribution in [3.8, 4) is 5.69 Å². The number of hydrogen-bond donors (Lipinski definition) is 1. The van der Waals surface area contributed by atoms with Crippen LogP contribution in [0.3, 0.4) is 0 Å². The summed E-state index contributed by atoms with van der Waals surface area (Å²) in [6.45, 7) is 0. The largest absolute Gasteiger partial charge is 0.475 e. The van der Waals surface area contributed by atoms with E-state index in [1.807, 2.05) is 24.3 Å². The molecule has 2 aromatic rings. The lowest BCUT2D eigenvalue weighted by Gasteiger charge is -2.04. The molecule has 0 saturated heterocycles. The molecular weight excluding hydrogens is 260 g/mol. The van der Waals surface area contributed by atoms with Gasteiger partial charge in [0.2, 0.25) is 5.82 Å². The van der Waals surface area contributed by atoms with E-state index in [1.54, 1.807) is 6.20 Å². The normalized spacial score (nSPS) is 10.2. The Labute approximate surface area is 94.3 Å². The predicted molar refractivity (Wildman–Crippen MR) is 58.2 cm³/mol. The van der Waals surface area contributed by atoms with E-state index in [9.17, 15) is 4.79 Å². The number of benzene rings is 1. The summed E-state index contributed by atoms with van der Waals surface area (Å²) in [5.74, 6) is -1.03. The first-order valence-electron chi connectivity index (χ1n) is 4.21. The van der Waals surface area contributed by atoms with Crippen LogP contribution in [0.15, 0.2) is 41.1 Å². The Morgan fingerprint density at radius 1 is 1.33 bits per heavy atom. The molecule has 76 valence electrons. The Hall–Kier alpha value is -1.62. The highest BCUT2D eigenvalue weighted by molar-refractivity contribution is 9.10. The van der Waals surface area contributed by atoms with Gasteiger partial charge in [-0.05, 0) is 24.3 Å². The smallest absolute Gasteiger partial charge is 0.372 e. The summed E-state index contributed by atoms with van der Waals surface area (Å²) in [6.07, 6.45) is 3.08. The molecule has 0 bridgehead atoms. The standard InChI is InChI=1S/C10H7BrN2O2/c11-7-1-3-8(4-2-7)13-6-5-12-9(13)10(14)15/h1-6H,(H,14,15). The van der Waals surface area contributed by atoms with E-state index in [0.717, 1.165) is 10.2 Å². The van der Waals surface area contributed by atoms with Gasteiger partial charge in [-0.3, -0.25) is 4.57 Å². The molecule has 4 nitrogen and oxygen atoms in total. The molecule has 0 atom stereocenters. The maximum absolute atomic E-state index is 10.8. The first-order valence-corrected chi connectivity index (χ1v) is 5.00. The third-order valence-electron chi connectivity index (χ3n) is 1.94. The van der Waals surface area contributed by atoms with Crippen LogP contribution < -0.4 is 0 Å². The Morgan fingerprint density at radius 2 is 2.00 bits per heavy atom. The minimum Gasteiger partial charge on any atom is -0.475 e. The van der Waals surface area contributed by atoms with Crippen molar-refractivity contribution in [2.45, 2.75) is 0 Å². The topological polar surface area (TPSA) is 55.1 Å². The average Bonchev–Trinajstić information content (AvgIpc) is 2.67. The highest BCUT2D eigenvalue weighted by atomic mass is 79.9. The molecule has 15 heavy (non-hydrogen) atoms. The van der Waals surface area contributed by atoms with E-state index in [2.05, 4.69) is 20.9 Å². The number of carboxylic acids is 1. The highest BCUT2D eigenvalue weighted by Gasteiger charge is 2.11. The molecule has 5 heteroatoms. The van der Waals surface area contributed by atoms with Gasteiger partial charge in [-0.25, -0.2) is 9.78 Å². The van der Waals surface area contributed by atoms with Gasteiger partial charge in [0.1, 0.15) is 0 Å². The number of carboxylic acid groups (broad SMARTS) is 1. The minimum absolute atomic E-state index is 0.0114. The van der Waals surface area contributed by atoms with E-state index in [4.69, 9.17) is 5.11 Å². The van der Waals surface area contributed by atoms with Crippen LogP contribution in [0.25, 0.3) is 5.69 Å². The van der Waals surface area contributed by atoms with Crippen molar-refractivity contribution in [1.29, 1.82) is 0 Å². The fourth-order valence-corrected chi connectivity index (χ4v) is 1.54. The van der Waals surface area contributed by atoms with Gasteiger partial charge in [0.15, 0.2) is 0 Å². The molecule has 1 aromatic heterocycles. The van der Waals surface area contributed by atoms with Crippen molar-refractivity contribution >= 4 is 21.9 Å². The van der Waals surface area contributed by atoms with Crippen LogP contribution in [0.2, 0.25) is 0 Å². The SMILES string of the molecule is O=C(O)c1nccn1-c1ccc(Br)cc1. The van der Waals surface area contributed by atoms with Gasteiger partial charge in [0.25, 0.3) is 0 Å². The van der Waals surface area contributed by atoms with E-state index in [1.165, 1.54) is 10.8 Å².